The van der Waals surface area contributed by atoms with Crippen LogP contribution in [0.25, 0.3) is 10.8 Å². The number of hydrazine groups is 1. The molecule has 0 aliphatic carbocycles. The van der Waals surface area contributed by atoms with Crippen LogP contribution < -0.4 is 14.7 Å². The zero-order chi connectivity index (χ0) is 22.0. The van der Waals surface area contributed by atoms with Crippen molar-refractivity contribution in [3.63, 3.8) is 0 Å². The lowest BCUT2D eigenvalue weighted by atomic mass is 10.0. The zero-order valence-electron chi connectivity index (χ0n) is 18.5. The highest BCUT2D eigenvalue weighted by Gasteiger charge is 2.29. The van der Waals surface area contributed by atoms with Crippen molar-refractivity contribution in [1.29, 1.82) is 0 Å². The second-order valence-corrected chi connectivity index (χ2v) is 10.4. The Labute approximate surface area is 185 Å². The van der Waals surface area contributed by atoms with E-state index in [2.05, 4.69) is 19.3 Å². The van der Waals surface area contributed by atoms with Crippen LogP contribution in [0, 0.1) is 0 Å². The lowest BCUT2D eigenvalue weighted by Crippen LogP contribution is -2.39. The maximum atomic E-state index is 14.0. The summed E-state index contributed by atoms with van der Waals surface area (Å²) in [5, 5.41) is 3.68. The second-order valence-electron chi connectivity index (χ2n) is 8.47. The van der Waals surface area contributed by atoms with Gasteiger partial charge in [0.1, 0.15) is 4.90 Å². The standard InChI is InChI=1S/C25H31N3O2S/c1-19(2)20-11-14-22(15-12-20)27(3)31(29,30)25-23-10-6-5-9-21(23)13-16-24(25)28-18-8-4-7-17-26-28/h5-6,9-16,19,26H,4,7-8,17-18H2,1-3H3. The molecule has 0 spiro atoms. The number of anilines is 2. The zero-order valence-corrected chi connectivity index (χ0v) is 19.3. The highest BCUT2D eigenvalue weighted by molar-refractivity contribution is 7.93. The molecular weight excluding hydrogens is 406 g/mol. The van der Waals surface area contributed by atoms with E-state index < -0.39 is 10.0 Å². The molecule has 0 aromatic heterocycles. The van der Waals surface area contributed by atoms with Gasteiger partial charge in [0.15, 0.2) is 0 Å². The van der Waals surface area contributed by atoms with E-state index in [4.69, 9.17) is 0 Å². The molecule has 0 atom stereocenters. The molecule has 0 radical (unpaired) electrons. The second kappa shape index (κ2) is 8.89. The van der Waals surface area contributed by atoms with E-state index in [0.29, 0.717) is 22.2 Å². The van der Waals surface area contributed by atoms with Crippen molar-refractivity contribution in [2.45, 2.75) is 43.9 Å². The van der Waals surface area contributed by atoms with Gasteiger partial charge in [-0.05, 0) is 47.9 Å². The molecule has 4 rings (SSSR count). The minimum absolute atomic E-state index is 0.357. The third kappa shape index (κ3) is 4.27. The summed E-state index contributed by atoms with van der Waals surface area (Å²) in [6.07, 6.45) is 3.27. The van der Waals surface area contributed by atoms with E-state index in [1.165, 1.54) is 9.87 Å². The minimum atomic E-state index is -3.79. The van der Waals surface area contributed by atoms with E-state index in [9.17, 15) is 8.42 Å². The first kappa shape index (κ1) is 21.7. The molecule has 164 valence electrons. The molecule has 1 saturated heterocycles. The fourth-order valence-corrected chi connectivity index (χ4v) is 5.71. The van der Waals surface area contributed by atoms with Crippen molar-refractivity contribution in [2.24, 2.45) is 0 Å². The number of nitrogens with one attached hydrogen (secondary N) is 1. The maximum absolute atomic E-state index is 14.0. The highest BCUT2D eigenvalue weighted by atomic mass is 32.2. The summed E-state index contributed by atoms with van der Waals surface area (Å²) in [6.45, 7) is 5.89. The predicted octanol–water partition coefficient (Wildman–Crippen LogP) is 5.28. The van der Waals surface area contributed by atoms with Crippen LogP contribution in [-0.2, 0) is 10.0 Å². The average Bonchev–Trinajstić information content (AvgIpc) is 3.07. The third-order valence-electron chi connectivity index (χ3n) is 6.05. The SMILES string of the molecule is CC(C)c1ccc(N(C)S(=O)(=O)c2c(N3CCCCCN3)ccc3ccccc23)cc1. The van der Waals surface area contributed by atoms with E-state index in [1.807, 2.05) is 65.7 Å². The normalized spacial score (nSPS) is 15.3. The maximum Gasteiger partial charge on any atom is 0.266 e. The van der Waals surface area contributed by atoms with Crippen molar-refractivity contribution in [1.82, 2.24) is 5.43 Å². The number of nitrogens with zero attached hydrogens (tertiary/aromatic N) is 2. The smallest absolute Gasteiger partial charge is 0.266 e. The summed E-state index contributed by atoms with van der Waals surface area (Å²) in [4.78, 5) is 0.357. The summed E-state index contributed by atoms with van der Waals surface area (Å²) in [6, 6.07) is 19.4. The monoisotopic (exact) mass is 437 g/mol. The molecule has 31 heavy (non-hydrogen) atoms. The van der Waals surface area contributed by atoms with Crippen LogP contribution in [0.1, 0.15) is 44.6 Å². The van der Waals surface area contributed by atoms with E-state index in [0.717, 1.165) is 43.1 Å². The Balaban J connectivity index is 1.84. The van der Waals surface area contributed by atoms with Gasteiger partial charge < -0.3 is 5.01 Å². The quantitative estimate of drug-likeness (QED) is 0.590. The Morgan fingerprint density at radius 3 is 2.42 bits per heavy atom. The Bertz CT molecular complexity index is 1150. The van der Waals surface area contributed by atoms with Crippen LogP contribution in [0.4, 0.5) is 11.4 Å². The fourth-order valence-electron chi connectivity index (χ4n) is 4.13. The molecule has 1 aliphatic rings. The van der Waals surface area contributed by atoms with Crippen molar-refractivity contribution in [2.75, 3.05) is 29.5 Å². The molecule has 0 amide bonds. The van der Waals surface area contributed by atoms with Crippen molar-refractivity contribution in [3.05, 3.63) is 66.2 Å². The van der Waals surface area contributed by atoms with Gasteiger partial charge in [0, 0.05) is 25.5 Å². The van der Waals surface area contributed by atoms with Crippen molar-refractivity contribution < 1.29 is 8.42 Å². The summed E-state index contributed by atoms with van der Waals surface area (Å²) >= 11 is 0. The molecule has 1 aliphatic heterocycles. The van der Waals surface area contributed by atoms with Crippen LogP contribution in [0.2, 0.25) is 0 Å². The lowest BCUT2D eigenvalue weighted by molar-refractivity contribution is 0.593. The number of hydrogen-bond donors (Lipinski definition) is 1. The summed E-state index contributed by atoms with van der Waals surface area (Å²) in [5.41, 5.74) is 5.99. The van der Waals surface area contributed by atoms with Gasteiger partial charge in [0.25, 0.3) is 10.0 Å². The van der Waals surface area contributed by atoms with Gasteiger partial charge in [-0.25, -0.2) is 13.8 Å². The Morgan fingerprint density at radius 2 is 1.68 bits per heavy atom. The van der Waals surface area contributed by atoms with E-state index in [1.54, 1.807) is 7.05 Å². The molecule has 0 saturated carbocycles. The summed E-state index contributed by atoms with van der Waals surface area (Å²) < 4.78 is 29.4. The molecule has 1 fully saturated rings. The largest absolute Gasteiger partial charge is 0.307 e. The number of rotatable bonds is 5. The van der Waals surface area contributed by atoms with Crippen molar-refractivity contribution >= 4 is 32.2 Å². The molecule has 1 heterocycles. The first-order valence-electron chi connectivity index (χ1n) is 11.0. The molecule has 3 aromatic carbocycles. The van der Waals surface area contributed by atoms with E-state index in [-0.39, 0.29) is 0 Å². The molecule has 6 heteroatoms. The molecule has 0 bridgehead atoms. The predicted molar refractivity (Wildman–Crippen MR) is 129 cm³/mol. The third-order valence-corrected chi connectivity index (χ3v) is 7.93. The fraction of sp³-hybridized carbons (Fsp3) is 0.360. The topological polar surface area (TPSA) is 52.7 Å². The lowest BCUT2D eigenvalue weighted by Gasteiger charge is -2.29. The molecular formula is C25H31N3O2S. The van der Waals surface area contributed by atoms with Gasteiger partial charge in [0.2, 0.25) is 0 Å². The molecule has 0 unspecified atom stereocenters. The first-order valence-corrected chi connectivity index (χ1v) is 12.5. The minimum Gasteiger partial charge on any atom is -0.307 e. The van der Waals surface area contributed by atoms with Gasteiger partial charge in [-0.15, -0.1) is 0 Å². The summed E-state index contributed by atoms with van der Waals surface area (Å²) in [7, 11) is -2.15. The molecule has 3 aromatic rings. The number of fused-ring (bicyclic) bond motifs is 1. The number of benzene rings is 3. The molecule has 1 N–H and O–H groups in total. The van der Waals surface area contributed by atoms with Crippen LogP contribution in [-0.4, -0.2) is 28.6 Å². The van der Waals surface area contributed by atoms with Gasteiger partial charge in [-0.1, -0.05) is 62.7 Å². The summed E-state index contributed by atoms with van der Waals surface area (Å²) in [5.74, 6) is 0.398. The number of sulfonamides is 1. The van der Waals surface area contributed by atoms with Gasteiger partial charge in [0.05, 0.1) is 11.4 Å². The highest BCUT2D eigenvalue weighted by Crippen LogP contribution is 2.36. The Morgan fingerprint density at radius 1 is 0.935 bits per heavy atom. The van der Waals surface area contributed by atoms with Crippen LogP contribution >= 0.6 is 0 Å². The Hall–Kier alpha value is -2.57. The Kier molecular flexibility index (Phi) is 6.21. The van der Waals surface area contributed by atoms with Crippen LogP contribution in [0.5, 0.6) is 0 Å². The molecule has 5 nitrogen and oxygen atoms in total. The van der Waals surface area contributed by atoms with Gasteiger partial charge in [-0.3, -0.25) is 4.31 Å². The first-order chi connectivity index (χ1) is 14.9. The van der Waals surface area contributed by atoms with Crippen LogP contribution in [0.15, 0.2) is 65.6 Å². The van der Waals surface area contributed by atoms with Crippen LogP contribution in [0.3, 0.4) is 0 Å². The average molecular weight is 438 g/mol. The number of hydrogen-bond acceptors (Lipinski definition) is 4. The van der Waals surface area contributed by atoms with Gasteiger partial charge in [-0.2, -0.15) is 0 Å². The van der Waals surface area contributed by atoms with E-state index >= 15 is 0 Å². The van der Waals surface area contributed by atoms with Crippen molar-refractivity contribution in [3.8, 4) is 0 Å². The van der Waals surface area contributed by atoms with Gasteiger partial charge >= 0.3 is 0 Å².